The van der Waals surface area contributed by atoms with Crippen LogP contribution in [0.25, 0.3) is 0 Å². The second-order valence-electron chi connectivity index (χ2n) is 6.28. The van der Waals surface area contributed by atoms with E-state index in [2.05, 4.69) is 10.5 Å². The number of hydrogen-bond acceptors (Lipinski definition) is 8. The van der Waals surface area contributed by atoms with E-state index in [4.69, 9.17) is 4.74 Å². The van der Waals surface area contributed by atoms with Gasteiger partial charge in [0, 0.05) is 29.8 Å². The molecular formula is C21H14N4O7. The summed E-state index contributed by atoms with van der Waals surface area (Å²) < 4.78 is 5.23. The van der Waals surface area contributed by atoms with Crippen LogP contribution in [0.5, 0.6) is 5.75 Å². The maximum absolute atomic E-state index is 12.3. The molecule has 0 heterocycles. The Morgan fingerprint density at radius 3 is 2.09 bits per heavy atom. The number of ether oxygens (including phenoxy) is 1. The molecule has 0 atom stereocenters. The third-order valence-corrected chi connectivity index (χ3v) is 4.06. The first-order chi connectivity index (χ1) is 15.3. The molecule has 0 aliphatic heterocycles. The minimum absolute atomic E-state index is 0.0162. The quantitative estimate of drug-likeness (QED) is 0.196. The van der Waals surface area contributed by atoms with Crippen LogP contribution in [0, 0.1) is 20.2 Å². The molecule has 11 nitrogen and oxygen atoms in total. The van der Waals surface area contributed by atoms with E-state index in [0.29, 0.717) is 5.56 Å². The predicted molar refractivity (Wildman–Crippen MR) is 113 cm³/mol. The number of amides is 1. The molecule has 0 unspecified atom stereocenters. The number of non-ortho nitro benzene ring substituents is 2. The largest absolute Gasteiger partial charge is 0.423 e. The van der Waals surface area contributed by atoms with Crippen LogP contribution in [0.3, 0.4) is 0 Å². The summed E-state index contributed by atoms with van der Waals surface area (Å²) in [4.78, 5) is 44.8. The van der Waals surface area contributed by atoms with Gasteiger partial charge in [-0.25, -0.2) is 10.2 Å². The van der Waals surface area contributed by atoms with E-state index < -0.39 is 21.7 Å². The maximum Gasteiger partial charge on any atom is 0.343 e. The summed E-state index contributed by atoms with van der Waals surface area (Å²) in [6.07, 6.45) is 1.29. The second-order valence-corrected chi connectivity index (χ2v) is 6.28. The number of nitrogens with one attached hydrogen (secondary N) is 1. The number of nitro benzene ring substituents is 2. The van der Waals surface area contributed by atoms with Crippen molar-refractivity contribution >= 4 is 29.5 Å². The van der Waals surface area contributed by atoms with Gasteiger partial charge in [0.05, 0.1) is 21.6 Å². The predicted octanol–water partition coefficient (Wildman–Crippen LogP) is 3.49. The molecule has 0 aliphatic rings. The van der Waals surface area contributed by atoms with Gasteiger partial charge in [-0.2, -0.15) is 5.10 Å². The van der Waals surface area contributed by atoms with Crippen LogP contribution < -0.4 is 10.2 Å². The highest BCUT2D eigenvalue weighted by atomic mass is 16.6. The van der Waals surface area contributed by atoms with Crippen LogP contribution in [0.4, 0.5) is 11.4 Å². The summed E-state index contributed by atoms with van der Waals surface area (Å²) in [6, 6.07) is 16.5. The zero-order valence-electron chi connectivity index (χ0n) is 16.2. The van der Waals surface area contributed by atoms with Crippen molar-refractivity contribution in [3.05, 3.63) is 110 Å². The molecule has 0 aromatic heterocycles. The second kappa shape index (κ2) is 9.71. The molecule has 11 heteroatoms. The zero-order chi connectivity index (χ0) is 23.1. The molecule has 3 aromatic carbocycles. The van der Waals surface area contributed by atoms with Gasteiger partial charge in [-0.1, -0.05) is 24.3 Å². The van der Waals surface area contributed by atoms with Gasteiger partial charge in [0.2, 0.25) is 0 Å². The molecule has 0 saturated carbocycles. The summed E-state index contributed by atoms with van der Waals surface area (Å²) >= 11 is 0. The fraction of sp³-hybridized carbons (Fsp3) is 0. The van der Waals surface area contributed by atoms with E-state index in [1.54, 1.807) is 12.1 Å². The van der Waals surface area contributed by atoms with E-state index in [-0.39, 0.29) is 28.3 Å². The molecule has 1 amide bonds. The third-order valence-electron chi connectivity index (χ3n) is 4.06. The summed E-state index contributed by atoms with van der Waals surface area (Å²) in [5, 5.41) is 25.4. The fourth-order valence-corrected chi connectivity index (χ4v) is 2.56. The van der Waals surface area contributed by atoms with E-state index in [1.807, 2.05) is 0 Å². The van der Waals surface area contributed by atoms with Gasteiger partial charge < -0.3 is 4.74 Å². The Morgan fingerprint density at radius 2 is 1.44 bits per heavy atom. The Hall–Kier alpha value is -4.93. The molecule has 0 bridgehead atoms. The van der Waals surface area contributed by atoms with Gasteiger partial charge >= 0.3 is 5.97 Å². The Balaban J connectivity index is 1.65. The topological polar surface area (TPSA) is 154 Å². The highest BCUT2D eigenvalue weighted by Gasteiger charge is 2.14. The standard InChI is InChI=1S/C21H14N4O7/c26-20(15-5-2-7-17(11-15)24(28)29)23-22-13-14-4-1-9-19(10-14)32-21(27)16-6-3-8-18(12-16)25(30)31/h1-13H,(H,23,26). The lowest BCUT2D eigenvalue weighted by Crippen LogP contribution is -2.17. The van der Waals surface area contributed by atoms with Crippen molar-refractivity contribution in [3.8, 4) is 5.75 Å². The molecule has 0 spiro atoms. The van der Waals surface area contributed by atoms with Crippen LogP contribution in [0.2, 0.25) is 0 Å². The average Bonchev–Trinajstić information content (AvgIpc) is 2.79. The number of nitro groups is 2. The van der Waals surface area contributed by atoms with Crippen molar-refractivity contribution in [1.82, 2.24) is 5.43 Å². The monoisotopic (exact) mass is 434 g/mol. The number of hydrogen-bond donors (Lipinski definition) is 1. The molecule has 3 aromatic rings. The highest BCUT2D eigenvalue weighted by Crippen LogP contribution is 2.18. The Kier molecular flexibility index (Phi) is 6.61. The van der Waals surface area contributed by atoms with Crippen LogP contribution in [0.15, 0.2) is 77.9 Å². The van der Waals surface area contributed by atoms with E-state index >= 15 is 0 Å². The minimum atomic E-state index is -0.776. The molecular weight excluding hydrogens is 420 g/mol. The van der Waals surface area contributed by atoms with Gasteiger partial charge in [0.25, 0.3) is 17.3 Å². The summed E-state index contributed by atoms with van der Waals surface area (Å²) in [7, 11) is 0. The van der Waals surface area contributed by atoms with Gasteiger partial charge in [-0.05, 0) is 29.8 Å². The summed E-state index contributed by atoms with van der Waals surface area (Å²) in [5.74, 6) is -1.25. The van der Waals surface area contributed by atoms with E-state index in [1.165, 1.54) is 54.7 Å². The van der Waals surface area contributed by atoms with Crippen molar-refractivity contribution in [3.63, 3.8) is 0 Å². The SMILES string of the molecule is O=C(NN=Cc1cccc(OC(=O)c2cccc([N+](=O)[O-])c2)c1)c1cccc([N+](=O)[O-])c1. The molecule has 3 rings (SSSR count). The van der Waals surface area contributed by atoms with Crippen LogP contribution in [-0.2, 0) is 0 Å². The first kappa shape index (κ1) is 21.8. The van der Waals surface area contributed by atoms with Crippen molar-refractivity contribution < 1.29 is 24.2 Å². The lowest BCUT2D eigenvalue weighted by atomic mass is 10.2. The first-order valence-corrected chi connectivity index (χ1v) is 8.98. The third kappa shape index (κ3) is 5.57. The zero-order valence-corrected chi connectivity index (χ0v) is 16.2. The Labute approximate surface area is 180 Å². The number of carbonyl (C=O) groups is 2. The molecule has 32 heavy (non-hydrogen) atoms. The Morgan fingerprint density at radius 1 is 0.844 bits per heavy atom. The van der Waals surface area contributed by atoms with Crippen molar-refractivity contribution in [1.29, 1.82) is 0 Å². The van der Waals surface area contributed by atoms with Gasteiger partial charge in [-0.15, -0.1) is 0 Å². The summed E-state index contributed by atoms with van der Waals surface area (Å²) in [6.45, 7) is 0. The maximum atomic E-state index is 12.3. The smallest absolute Gasteiger partial charge is 0.343 e. The molecule has 0 fully saturated rings. The number of esters is 1. The van der Waals surface area contributed by atoms with Crippen molar-refractivity contribution in [2.45, 2.75) is 0 Å². The van der Waals surface area contributed by atoms with Gasteiger partial charge in [0.1, 0.15) is 5.75 Å². The number of hydrazone groups is 1. The van der Waals surface area contributed by atoms with Gasteiger partial charge in [-0.3, -0.25) is 25.0 Å². The lowest BCUT2D eigenvalue weighted by molar-refractivity contribution is -0.385. The van der Waals surface area contributed by atoms with Crippen molar-refractivity contribution in [2.75, 3.05) is 0 Å². The highest BCUT2D eigenvalue weighted by molar-refractivity contribution is 5.95. The normalized spacial score (nSPS) is 10.5. The number of benzene rings is 3. The number of carbonyl (C=O) groups excluding carboxylic acids is 2. The molecule has 0 radical (unpaired) electrons. The Bertz CT molecular complexity index is 1240. The number of nitrogens with zero attached hydrogens (tertiary/aromatic N) is 3. The van der Waals surface area contributed by atoms with Crippen LogP contribution in [-0.4, -0.2) is 27.9 Å². The number of rotatable bonds is 7. The summed E-state index contributed by atoms with van der Waals surface area (Å²) in [5.41, 5.74) is 2.36. The van der Waals surface area contributed by atoms with E-state index in [0.717, 1.165) is 12.1 Å². The fourth-order valence-electron chi connectivity index (χ4n) is 2.56. The minimum Gasteiger partial charge on any atom is -0.423 e. The van der Waals surface area contributed by atoms with Gasteiger partial charge in [0.15, 0.2) is 0 Å². The average molecular weight is 434 g/mol. The molecule has 160 valence electrons. The van der Waals surface area contributed by atoms with Crippen LogP contribution in [0.1, 0.15) is 26.3 Å². The molecule has 0 saturated heterocycles. The first-order valence-electron chi connectivity index (χ1n) is 8.98. The molecule has 0 aliphatic carbocycles. The molecule has 1 N–H and O–H groups in total. The van der Waals surface area contributed by atoms with E-state index in [9.17, 15) is 29.8 Å². The van der Waals surface area contributed by atoms with Crippen LogP contribution >= 0.6 is 0 Å². The van der Waals surface area contributed by atoms with Crippen molar-refractivity contribution in [2.24, 2.45) is 5.10 Å². The lowest BCUT2D eigenvalue weighted by Gasteiger charge is -2.05.